The molecule has 0 aliphatic rings. The minimum absolute atomic E-state index is 0.0160. The monoisotopic (exact) mass is 258 g/mol. The first-order chi connectivity index (χ1) is 6.09. The fourth-order valence-corrected chi connectivity index (χ4v) is 1.11. The Bertz CT molecular complexity index is 337. The minimum atomic E-state index is -0.627. The molecule has 0 unspecified atom stereocenters. The normalized spacial score (nSPS) is 9.31. The summed E-state index contributed by atoms with van der Waals surface area (Å²) in [5.41, 5.74) is 5.70. The number of rotatable bonds is 1. The molecular formula is C8H7BrN2OS. The molecule has 68 valence electrons. The molecule has 0 aliphatic heterocycles. The van der Waals surface area contributed by atoms with E-state index in [4.69, 9.17) is 18.0 Å². The highest BCUT2D eigenvalue weighted by atomic mass is 79.9. The number of amides is 1. The van der Waals surface area contributed by atoms with E-state index in [0.717, 1.165) is 10.2 Å². The van der Waals surface area contributed by atoms with Crippen LogP contribution in [0.1, 0.15) is 0 Å². The van der Waals surface area contributed by atoms with Gasteiger partial charge in [-0.05, 0) is 24.3 Å². The Morgan fingerprint density at radius 3 is 2.38 bits per heavy atom. The smallest absolute Gasteiger partial charge is 0.276 e. The Labute approximate surface area is 89.4 Å². The second-order valence-electron chi connectivity index (χ2n) is 2.33. The van der Waals surface area contributed by atoms with Crippen LogP contribution >= 0.6 is 28.1 Å². The molecule has 0 aromatic heterocycles. The van der Waals surface area contributed by atoms with E-state index in [9.17, 15) is 4.79 Å². The molecule has 0 heterocycles. The van der Waals surface area contributed by atoms with Gasteiger partial charge < -0.3 is 11.1 Å². The van der Waals surface area contributed by atoms with Crippen molar-refractivity contribution in [3.05, 3.63) is 28.7 Å². The van der Waals surface area contributed by atoms with Crippen molar-refractivity contribution < 1.29 is 4.79 Å². The van der Waals surface area contributed by atoms with Gasteiger partial charge in [-0.25, -0.2) is 0 Å². The van der Waals surface area contributed by atoms with Gasteiger partial charge in [0.1, 0.15) is 0 Å². The van der Waals surface area contributed by atoms with Gasteiger partial charge in [-0.1, -0.05) is 28.1 Å². The highest BCUT2D eigenvalue weighted by Crippen LogP contribution is 2.13. The summed E-state index contributed by atoms with van der Waals surface area (Å²) in [6.07, 6.45) is 0. The van der Waals surface area contributed by atoms with Crippen LogP contribution in [0.5, 0.6) is 0 Å². The van der Waals surface area contributed by atoms with Gasteiger partial charge in [0.2, 0.25) is 0 Å². The number of primary amides is 1. The zero-order chi connectivity index (χ0) is 9.84. The van der Waals surface area contributed by atoms with Crippen molar-refractivity contribution in [2.45, 2.75) is 0 Å². The van der Waals surface area contributed by atoms with Gasteiger partial charge in [0, 0.05) is 10.2 Å². The molecule has 0 saturated carbocycles. The molecule has 0 fully saturated rings. The highest BCUT2D eigenvalue weighted by Gasteiger charge is 2.02. The molecule has 13 heavy (non-hydrogen) atoms. The molecule has 1 aromatic rings. The number of nitrogens with one attached hydrogen (secondary N) is 1. The average molecular weight is 259 g/mol. The van der Waals surface area contributed by atoms with Crippen LogP contribution in [0.2, 0.25) is 0 Å². The summed E-state index contributed by atoms with van der Waals surface area (Å²) in [7, 11) is 0. The van der Waals surface area contributed by atoms with Crippen molar-refractivity contribution in [3.8, 4) is 0 Å². The Balaban J connectivity index is 2.70. The van der Waals surface area contributed by atoms with Crippen molar-refractivity contribution in [1.82, 2.24) is 0 Å². The third kappa shape index (κ3) is 3.12. The van der Waals surface area contributed by atoms with E-state index in [0.29, 0.717) is 0 Å². The maximum absolute atomic E-state index is 10.6. The molecule has 1 amide bonds. The molecule has 3 N–H and O–H groups in total. The lowest BCUT2D eigenvalue weighted by molar-refractivity contribution is -0.111. The molecule has 0 radical (unpaired) electrons. The molecule has 0 atom stereocenters. The second-order valence-corrected chi connectivity index (χ2v) is 3.65. The van der Waals surface area contributed by atoms with E-state index in [1.165, 1.54) is 0 Å². The van der Waals surface area contributed by atoms with Crippen LogP contribution in [0, 0.1) is 0 Å². The third-order valence-corrected chi connectivity index (χ3v) is 2.16. The first-order valence-corrected chi connectivity index (χ1v) is 4.66. The summed E-state index contributed by atoms with van der Waals surface area (Å²) in [6, 6.07) is 7.26. The number of hydrogen-bond acceptors (Lipinski definition) is 2. The maximum atomic E-state index is 10.6. The van der Waals surface area contributed by atoms with Gasteiger partial charge in [0.15, 0.2) is 4.99 Å². The largest absolute Gasteiger partial charge is 0.364 e. The first-order valence-electron chi connectivity index (χ1n) is 3.46. The van der Waals surface area contributed by atoms with Crippen LogP contribution in [-0.2, 0) is 4.79 Å². The standard InChI is InChI=1S/C8H7BrN2OS/c9-5-1-3-6(4-2-5)11-8(13)7(10)12/h1-4H,(H2,10,12)(H,11,13). The summed E-state index contributed by atoms with van der Waals surface area (Å²) >= 11 is 7.98. The lowest BCUT2D eigenvalue weighted by Gasteiger charge is -2.03. The van der Waals surface area contributed by atoms with Crippen LogP contribution in [0.15, 0.2) is 28.7 Å². The summed E-state index contributed by atoms with van der Waals surface area (Å²) in [6.45, 7) is 0. The van der Waals surface area contributed by atoms with E-state index >= 15 is 0 Å². The molecule has 0 saturated heterocycles. The lowest BCUT2D eigenvalue weighted by Crippen LogP contribution is -2.27. The third-order valence-electron chi connectivity index (χ3n) is 1.33. The second kappa shape index (κ2) is 4.34. The number of carbonyl (C=O) groups excluding carboxylic acids is 1. The number of halogens is 1. The van der Waals surface area contributed by atoms with Crippen LogP contribution < -0.4 is 11.1 Å². The zero-order valence-electron chi connectivity index (χ0n) is 6.58. The van der Waals surface area contributed by atoms with Crippen molar-refractivity contribution in [2.75, 3.05) is 5.32 Å². The number of anilines is 1. The number of carbonyl (C=O) groups is 1. The van der Waals surface area contributed by atoms with E-state index in [1.54, 1.807) is 12.1 Å². The predicted molar refractivity (Wildman–Crippen MR) is 59.6 cm³/mol. The summed E-state index contributed by atoms with van der Waals surface area (Å²) < 4.78 is 0.961. The summed E-state index contributed by atoms with van der Waals surface area (Å²) in [5, 5.41) is 2.70. The molecule has 1 rings (SSSR count). The van der Waals surface area contributed by atoms with E-state index < -0.39 is 5.91 Å². The van der Waals surface area contributed by atoms with Gasteiger partial charge in [0.25, 0.3) is 5.91 Å². The fraction of sp³-hybridized carbons (Fsp3) is 0. The van der Waals surface area contributed by atoms with Gasteiger partial charge in [-0.3, -0.25) is 4.79 Å². The molecule has 1 aromatic carbocycles. The Morgan fingerprint density at radius 1 is 1.38 bits per heavy atom. The van der Waals surface area contributed by atoms with Gasteiger partial charge in [-0.2, -0.15) is 0 Å². The Kier molecular flexibility index (Phi) is 3.39. The summed E-state index contributed by atoms with van der Waals surface area (Å²) in [5.74, 6) is -0.627. The van der Waals surface area contributed by atoms with Crippen LogP contribution in [-0.4, -0.2) is 10.9 Å². The van der Waals surface area contributed by atoms with E-state index in [1.807, 2.05) is 12.1 Å². The lowest BCUT2D eigenvalue weighted by atomic mass is 10.3. The topological polar surface area (TPSA) is 55.1 Å². The van der Waals surface area contributed by atoms with Crippen molar-refractivity contribution in [2.24, 2.45) is 5.73 Å². The van der Waals surface area contributed by atoms with E-state index in [-0.39, 0.29) is 4.99 Å². The Hall–Kier alpha value is -0.940. The summed E-state index contributed by atoms with van der Waals surface area (Å²) in [4.78, 5) is 10.6. The molecule has 0 aliphatic carbocycles. The number of benzene rings is 1. The average Bonchev–Trinajstić information content (AvgIpc) is 2.08. The van der Waals surface area contributed by atoms with Gasteiger partial charge in [-0.15, -0.1) is 0 Å². The quantitative estimate of drug-likeness (QED) is 0.754. The number of nitrogens with two attached hydrogens (primary N) is 1. The van der Waals surface area contributed by atoms with Gasteiger partial charge >= 0.3 is 0 Å². The predicted octanol–water partition coefficient (Wildman–Crippen LogP) is 1.67. The molecule has 3 nitrogen and oxygen atoms in total. The van der Waals surface area contributed by atoms with Crippen molar-refractivity contribution >= 4 is 44.7 Å². The fourth-order valence-electron chi connectivity index (χ4n) is 0.726. The number of thiocarbonyl (C=S) groups is 1. The van der Waals surface area contributed by atoms with Gasteiger partial charge in [0.05, 0.1) is 0 Å². The number of hydrogen-bond donors (Lipinski definition) is 2. The van der Waals surface area contributed by atoms with E-state index in [2.05, 4.69) is 21.2 Å². The first kappa shape index (κ1) is 10.1. The van der Waals surface area contributed by atoms with Crippen LogP contribution in [0.3, 0.4) is 0 Å². The Morgan fingerprint density at radius 2 is 1.92 bits per heavy atom. The van der Waals surface area contributed by atoms with Crippen molar-refractivity contribution in [3.63, 3.8) is 0 Å². The molecule has 0 bridgehead atoms. The molecule has 5 heteroatoms. The molecule has 0 spiro atoms. The van der Waals surface area contributed by atoms with Crippen molar-refractivity contribution in [1.29, 1.82) is 0 Å². The zero-order valence-corrected chi connectivity index (χ0v) is 8.98. The maximum Gasteiger partial charge on any atom is 0.276 e. The molecular weight excluding hydrogens is 252 g/mol. The van der Waals surface area contributed by atoms with Crippen LogP contribution in [0.4, 0.5) is 5.69 Å². The van der Waals surface area contributed by atoms with Crippen LogP contribution in [0.25, 0.3) is 0 Å². The SMILES string of the molecule is NC(=O)C(=S)Nc1ccc(Br)cc1. The minimum Gasteiger partial charge on any atom is -0.364 e. The highest BCUT2D eigenvalue weighted by molar-refractivity contribution is 9.10.